The van der Waals surface area contributed by atoms with E-state index in [0.29, 0.717) is 12.3 Å². The van der Waals surface area contributed by atoms with E-state index in [4.69, 9.17) is 28.4 Å². The Balaban J connectivity index is 1.51. The highest BCUT2D eigenvalue weighted by molar-refractivity contribution is 5.82. The molecule has 17 nitrogen and oxygen atoms in total. The zero-order valence-electron chi connectivity index (χ0n) is 36.5. The van der Waals surface area contributed by atoms with Gasteiger partial charge in [0.05, 0.1) is 31.0 Å². The third-order valence-electron chi connectivity index (χ3n) is 11.2. The quantitative estimate of drug-likeness (QED) is 0.0488. The van der Waals surface area contributed by atoms with Crippen LogP contribution in [0.25, 0.3) is 0 Å². The molecule has 0 radical (unpaired) electrons. The molecule has 13 atom stereocenters. The molecule has 64 heavy (non-hydrogen) atoms. The molecule has 354 valence electrons. The van der Waals surface area contributed by atoms with Crippen LogP contribution in [0.4, 0.5) is 0 Å². The zero-order valence-corrected chi connectivity index (χ0v) is 36.5. The summed E-state index contributed by atoms with van der Waals surface area (Å²) < 4.78 is 34.6. The molecule has 4 rings (SSSR count). The van der Waals surface area contributed by atoms with Gasteiger partial charge in [-0.1, -0.05) is 94.0 Å². The van der Waals surface area contributed by atoms with Gasteiger partial charge < -0.3 is 74.4 Å². The number of hydrogen-bond acceptors (Lipinski definition) is 17. The van der Waals surface area contributed by atoms with Crippen LogP contribution in [0.2, 0.25) is 0 Å². The molecule has 3 aliphatic rings. The minimum Gasteiger partial charge on any atom is -0.508 e. The van der Waals surface area contributed by atoms with Crippen LogP contribution in [-0.4, -0.2) is 138 Å². The molecule has 2 fully saturated rings. The largest absolute Gasteiger partial charge is 0.508 e. The highest BCUT2D eigenvalue weighted by Crippen LogP contribution is 2.51. The SMILES string of the molecule is CCC(O)/C=C/C=C/C=C/C(=O)OC[C@H]1O[C@@H](O[C@H]2[C@H](OC(=O)/C=C\C=C\CC(O)/C(C)=C/C=C/CCC(C)CC)[C@@H](O)[C@@]3(OCc4cc(O)cc(O)c43)O[C@@H]2CO)[C@H](O)[C@@H](O)[C@H]1O. The highest BCUT2D eigenvalue weighted by Gasteiger charge is 2.63. The Kier molecular flexibility index (Phi) is 20.6. The molecular formula is C47H64O17. The van der Waals surface area contributed by atoms with Gasteiger partial charge in [0.25, 0.3) is 0 Å². The van der Waals surface area contributed by atoms with Crippen molar-refractivity contribution in [1.82, 2.24) is 0 Å². The maximum atomic E-state index is 13.4. The van der Waals surface area contributed by atoms with Gasteiger partial charge in [-0.3, -0.25) is 0 Å². The third-order valence-corrected chi connectivity index (χ3v) is 11.2. The van der Waals surface area contributed by atoms with Crippen LogP contribution in [-0.2, 0) is 50.4 Å². The number of carbonyl (C=O) groups is 2. The molecular weight excluding hydrogens is 837 g/mol. The Morgan fingerprint density at radius 1 is 0.875 bits per heavy atom. The number of allylic oxidation sites excluding steroid dienone is 9. The number of benzene rings is 1. The summed E-state index contributed by atoms with van der Waals surface area (Å²) in [5.41, 5.74) is 0.834. The van der Waals surface area contributed by atoms with Crippen molar-refractivity contribution in [1.29, 1.82) is 0 Å². The molecule has 1 aromatic carbocycles. The summed E-state index contributed by atoms with van der Waals surface area (Å²) in [5, 5.41) is 96.3. The van der Waals surface area contributed by atoms with E-state index in [2.05, 4.69) is 19.9 Å². The molecule has 9 N–H and O–H groups in total. The van der Waals surface area contributed by atoms with Gasteiger partial charge in [-0.25, -0.2) is 9.59 Å². The highest BCUT2D eigenvalue weighted by atomic mass is 16.8. The van der Waals surface area contributed by atoms with Crippen molar-refractivity contribution in [2.75, 3.05) is 13.2 Å². The Labute approximate surface area is 373 Å². The number of carbonyl (C=O) groups excluding carboxylic acids is 2. The van der Waals surface area contributed by atoms with E-state index in [-0.39, 0.29) is 29.9 Å². The van der Waals surface area contributed by atoms with Gasteiger partial charge in [-0.05, 0) is 55.7 Å². The summed E-state index contributed by atoms with van der Waals surface area (Å²) >= 11 is 0. The Morgan fingerprint density at radius 3 is 2.31 bits per heavy atom. The van der Waals surface area contributed by atoms with E-state index in [1.165, 1.54) is 30.4 Å². The second kappa shape index (κ2) is 25.3. The first-order valence-corrected chi connectivity index (χ1v) is 21.5. The van der Waals surface area contributed by atoms with Crippen LogP contribution in [0.5, 0.6) is 11.5 Å². The van der Waals surface area contributed by atoms with Crippen molar-refractivity contribution in [3.05, 3.63) is 108 Å². The van der Waals surface area contributed by atoms with Crippen molar-refractivity contribution in [2.45, 2.75) is 140 Å². The van der Waals surface area contributed by atoms with E-state index in [0.717, 1.165) is 43.1 Å². The average Bonchev–Trinajstić information content (AvgIpc) is 3.64. The summed E-state index contributed by atoms with van der Waals surface area (Å²) in [6, 6.07) is 2.25. The van der Waals surface area contributed by atoms with Crippen molar-refractivity contribution >= 4 is 11.9 Å². The summed E-state index contributed by atoms with van der Waals surface area (Å²) in [7, 11) is 0. The molecule has 3 unspecified atom stereocenters. The first-order chi connectivity index (χ1) is 30.6. The predicted octanol–water partition coefficient (Wildman–Crippen LogP) is 2.81. The van der Waals surface area contributed by atoms with Gasteiger partial charge in [-0.2, -0.15) is 0 Å². The number of esters is 2. The number of aromatic hydroxyl groups is 2. The molecule has 0 saturated carbocycles. The number of fused-ring (bicyclic) bond motifs is 2. The molecule has 0 amide bonds. The van der Waals surface area contributed by atoms with Gasteiger partial charge in [-0.15, -0.1) is 0 Å². The molecule has 17 heteroatoms. The lowest BCUT2D eigenvalue weighted by molar-refractivity contribution is -0.395. The zero-order chi connectivity index (χ0) is 47.0. The van der Waals surface area contributed by atoms with Crippen molar-refractivity contribution < 1.29 is 84.0 Å². The van der Waals surface area contributed by atoms with Crippen molar-refractivity contribution in [2.24, 2.45) is 5.92 Å². The predicted molar refractivity (Wildman–Crippen MR) is 231 cm³/mol. The molecule has 1 spiro atoms. The van der Waals surface area contributed by atoms with Gasteiger partial charge in [0.1, 0.15) is 54.7 Å². The lowest BCUT2D eigenvalue weighted by atomic mass is 9.86. The fourth-order valence-corrected chi connectivity index (χ4v) is 7.09. The van der Waals surface area contributed by atoms with E-state index in [9.17, 15) is 55.5 Å². The van der Waals surface area contributed by atoms with Crippen LogP contribution in [0.1, 0.15) is 70.9 Å². The number of aliphatic hydroxyl groups excluding tert-OH is 7. The molecule has 3 aliphatic heterocycles. The summed E-state index contributed by atoms with van der Waals surface area (Å²) in [6.45, 7) is 6.16. The van der Waals surface area contributed by atoms with Gasteiger partial charge in [0.2, 0.25) is 5.79 Å². The van der Waals surface area contributed by atoms with Crippen LogP contribution >= 0.6 is 0 Å². The minimum atomic E-state index is -2.28. The second-order valence-corrected chi connectivity index (χ2v) is 16.0. The minimum absolute atomic E-state index is 0.121. The van der Waals surface area contributed by atoms with Gasteiger partial charge in [0, 0.05) is 18.2 Å². The van der Waals surface area contributed by atoms with E-state index in [1.807, 2.05) is 19.1 Å². The van der Waals surface area contributed by atoms with Crippen molar-refractivity contribution in [3.63, 3.8) is 0 Å². The van der Waals surface area contributed by atoms with E-state index < -0.39 is 104 Å². The van der Waals surface area contributed by atoms with E-state index in [1.54, 1.807) is 31.2 Å². The van der Waals surface area contributed by atoms with Crippen LogP contribution < -0.4 is 0 Å². The van der Waals surface area contributed by atoms with Crippen molar-refractivity contribution in [3.8, 4) is 11.5 Å². The topological polar surface area (TPSA) is 272 Å². The molecule has 0 aromatic heterocycles. The standard InChI is InChI=1S/C47H64O17/c1-5-28(3)17-11-9-12-18-29(4)33(51)20-14-10-16-22-38(54)62-44-43(35(25-48)64-47(45(44)58)39-30(26-60-47)23-32(50)24-34(39)52)63-46-42(57)41(56)40(55)36(61-46)27-59-37(53)21-15-8-7-13-19-31(49)6-2/h7-10,12-16,18-19,21-24,28,31,33,35-36,40-46,48-52,55-58H,5-6,11,17,20,25-27H2,1-4H3/b8-7+,12-9+,14-10+,19-13+,21-15+,22-16-,29-18+/t28?,31?,33?,35-,36-,40+,41+,42-,43-,44+,45-,46+,47+/m1/s1. The fraction of sp³-hybridized carbons (Fsp3) is 0.532. The first-order valence-electron chi connectivity index (χ1n) is 21.5. The Bertz CT molecular complexity index is 1890. The third kappa shape index (κ3) is 14.0. The first kappa shape index (κ1) is 52.1. The lowest BCUT2D eigenvalue weighted by Crippen LogP contribution is -2.67. The number of ether oxygens (including phenoxy) is 6. The van der Waals surface area contributed by atoms with Gasteiger partial charge in [0.15, 0.2) is 18.5 Å². The summed E-state index contributed by atoms with van der Waals surface area (Å²) in [5.74, 6) is -4.40. The maximum absolute atomic E-state index is 13.4. The molecule has 3 heterocycles. The fourth-order valence-electron chi connectivity index (χ4n) is 7.09. The smallest absolute Gasteiger partial charge is 0.331 e. The maximum Gasteiger partial charge on any atom is 0.331 e. The van der Waals surface area contributed by atoms with E-state index >= 15 is 0 Å². The van der Waals surface area contributed by atoms with Crippen LogP contribution in [0, 0.1) is 5.92 Å². The number of phenolic OH excluding ortho intramolecular Hbond substituents is 2. The summed E-state index contributed by atoms with van der Waals surface area (Å²) in [4.78, 5) is 25.8. The molecule has 1 aromatic rings. The van der Waals surface area contributed by atoms with Crippen LogP contribution in [0.15, 0.2) is 96.7 Å². The van der Waals surface area contributed by atoms with Gasteiger partial charge >= 0.3 is 11.9 Å². The second-order valence-electron chi connectivity index (χ2n) is 16.0. The number of hydrogen-bond donors (Lipinski definition) is 9. The molecule has 0 bridgehead atoms. The lowest BCUT2D eigenvalue weighted by Gasteiger charge is -2.50. The number of rotatable bonds is 21. The normalized spacial score (nSPS) is 30.4. The Hall–Kier alpha value is -4.50. The monoisotopic (exact) mass is 900 g/mol. The molecule has 0 aliphatic carbocycles. The molecule has 2 saturated heterocycles. The number of aliphatic hydroxyl groups is 7. The van der Waals surface area contributed by atoms with Crippen LogP contribution in [0.3, 0.4) is 0 Å². The Morgan fingerprint density at radius 2 is 1.59 bits per heavy atom. The number of phenols is 2. The average molecular weight is 901 g/mol. The summed E-state index contributed by atoms with van der Waals surface area (Å²) in [6.07, 6.45) is 6.33.